The molecular weight excluding hydrogens is 224 g/mol. The lowest BCUT2D eigenvalue weighted by Crippen LogP contribution is -2.51. The summed E-state index contributed by atoms with van der Waals surface area (Å²) >= 11 is 0. The van der Waals surface area contributed by atoms with Gasteiger partial charge in [0.25, 0.3) is 0 Å². The number of piperidine rings is 1. The molecule has 1 atom stereocenters. The largest absolute Gasteiger partial charge is 0.340 e. The molecule has 0 radical (unpaired) electrons. The zero-order valence-electron chi connectivity index (χ0n) is 11.2. The van der Waals surface area contributed by atoms with Crippen LogP contribution < -0.4 is 5.73 Å². The third kappa shape index (κ3) is 2.56. The average molecular weight is 246 g/mol. The van der Waals surface area contributed by atoms with E-state index in [0.717, 1.165) is 24.9 Å². The van der Waals surface area contributed by atoms with E-state index < -0.39 is 5.41 Å². The standard InChI is InChI=1S/C15H22N2O/c1-15(2,12-7-4-3-5-8-12)14(18)17-10-6-9-13(16)11-17/h3-5,7-8,13H,6,9-11,16H2,1-2H3/t13-/m1/s1. The van der Waals surface area contributed by atoms with E-state index in [-0.39, 0.29) is 11.9 Å². The molecule has 3 heteroatoms. The molecule has 0 unspecified atom stereocenters. The summed E-state index contributed by atoms with van der Waals surface area (Å²) in [5, 5.41) is 0. The van der Waals surface area contributed by atoms with E-state index in [4.69, 9.17) is 5.73 Å². The van der Waals surface area contributed by atoms with Crippen molar-refractivity contribution in [1.82, 2.24) is 4.90 Å². The zero-order valence-corrected chi connectivity index (χ0v) is 11.2. The minimum Gasteiger partial charge on any atom is -0.340 e. The van der Waals surface area contributed by atoms with E-state index in [0.29, 0.717) is 6.54 Å². The Balaban J connectivity index is 2.17. The van der Waals surface area contributed by atoms with Crippen LogP contribution in [0.2, 0.25) is 0 Å². The Morgan fingerprint density at radius 3 is 2.61 bits per heavy atom. The van der Waals surface area contributed by atoms with Crippen LogP contribution in [0.5, 0.6) is 0 Å². The number of hydrogen-bond acceptors (Lipinski definition) is 2. The lowest BCUT2D eigenvalue weighted by Gasteiger charge is -2.36. The number of nitrogens with two attached hydrogens (primary N) is 1. The number of hydrogen-bond donors (Lipinski definition) is 1. The molecule has 18 heavy (non-hydrogen) atoms. The molecular formula is C15H22N2O. The van der Waals surface area contributed by atoms with Crippen LogP contribution in [0, 0.1) is 0 Å². The van der Waals surface area contributed by atoms with Gasteiger partial charge in [-0.05, 0) is 32.3 Å². The number of likely N-dealkylation sites (tertiary alicyclic amines) is 1. The fraction of sp³-hybridized carbons (Fsp3) is 0.533. The fourth-order valence-electron chi connectivity index (χ4n) is 2.57. The summed E-state index contributed by atoms with van der Waals surface area (Å²) < 4.78 is 0. The van der Waals surface area contributed by atoms with E-state index in [1.54, 1.807) is 0 Å². The number of carbonyl (C=O) groups is 1. The van der Waals surface area contributed by atoms with Crippen molar-refractivity contribution >= 4 is 5.91 Å². The first kappa shape index (κ1) is 13.1. The molecule has 1 aromatic rings. The molecule has 98 valence electrons. The van der Waals surface area contributed by atoms with Crippen LogP contribution in [-0.4, -0.2) is 29.9 Å². The monoisotopic (exact) mass is 246 g/mol. The Morgan fingerprint density at radius 2 is 2.00 bits per heavy atom. The van der Waals surface area contributed by atoms with Crippen molar-refractivity contribution in [2.24, 2.45) is 5.73 Å². The van der Waals surface area contributed by atoms with Gasteiger partial charge in [0, 0.05) is 19.1 Å². The van der Waals surface area contributed by atoms with Crippen LogP contribution in [-0.2, 0) is 10.2 Å². The molecule has 1 fully saturated rings. The first-order chi connectivity index (χ1) is 8.51. The topological polar surface area (TPSA) is 46.3 Å². The molecule has 0 saturated carbocycles. The van der Waals surface area contributed by atoms with Gasteiger partial charge in [-0.2, -0.15) is 0 Å². The number of nitrogens with zero attached hydrogens (tertiary/aromatic N) is 1. The molecule has 1 heterocycles. The average Bonchev–Trinajstić information content (AvgIpc) is 2.39. The summed E-state index contributed by atoms with van der Waals surface area (Å²) in [6.07, 6.45) is 2.04. The minimum atomic E-state index is -0.474. The van der Waals surface area contributed by atoms with Crippen molar-refractivity contribution in [3.8, 4) is 0 Å². The molecule has 0 bridgehead atoms. The molecule has 1 saturated heterocycles. The van der Waals surface area contributed by atoms with E-state index in [2.05, 4.69) is 0 Å². The normalized spacial score (nSPS) is 20.8. The maximum Gasteiger partial charge on any atom is 0.232 e. The fourth-order valence-corrected chi connectivity index (χ4v) is 2.57. The molecule has 1 aliphatic heterocycles. The summed E-state index contributed by atoms with van der Waals surface area (Å²) in [7, 11) is 0. The SMILES string of the molecule is CC(C)(C(=O)N1CCC[C@@H](N)C1)c1ccccc1. The van der Waals surface area contributed by atoms with Crippen LogP contribution in [0.4, 0.5) is 0 Å². The van der Waals surface area contributed by atoms with Gasteiger partial charge in [-0.15, -0.1) is 0 Å². The van der Waals surface area contributed by atoms with E-state index >= 15 is 0 Å². The van der Waals surface area contributed by atoms with Crippen LogP contribution in [0.1, 0.15) is 32.3 Å². The maximum absolute atomic E-state index is 12.6. The van der Waals surface area contributed by atoms with Gasteiger partial charge in [0.2, 0.25) is 5.91 Å². The molecule has 2 N–H and O–H groups in total. The maximum atomic E-state index is 12.6. The molecule has 1 aromatic carbocycles. The predicted octanol–water partition coefficient (Wildman–Crippen LogP) is 1.91. The van der Waals surface area contributed by atoms with Crippen molar-refractivity contribution in [1.29, 1.82) is 0 Å². The van der Waals surface area contributed by atoms with Gasteiger partial charge in [-0.1, -0.05) is 30.3 Å². The third-order valence-electron chi connectivity index (χ3n) is 3.78. The van der Waals surface area contributed by atoms with Crippen LogP contribution in [0.25, 0.3) is 0 Å². The summed E-state index contributed by atoms with van der Waals surface area (Å²) in [6, 6.07) is 10.1. The van der Waals surface area contributed by atoms with E-state index in [1.807, 2.05) is 49.1 Å². The van der Waals surface area contributed by atoms with Gasteiger partial charge >= 0.3 is 0 Å². The second-order valence-corrected chi connectivity index (χ2v) is 5.64. The highest BCUT2D eigenvalue weighted by molar-refractivity contribution is 5.87. The first-order valence-electron chi connectivity index (χ1n) is 6.62. The van der Waals surface area contributed by atoms with Crippen molar-refractivity contribution in [3.63, 3.8) is 0 Å². The third-order valence-corrected chi connectivity index (χ3v) is 3.78. The molecule has 1 aliphatic rings. The number of amides is 1. The van der Waals surface area contributed by atoms with Gasteiger partial charge < -0.3 is 10.6 Å². The highest BCUT2D eigenvalue weighted by atomic mass is 16.2. The molecule has 0 aromatic heterocycles. The Kier molecular flexibility index (Phi) is 3.71. The van der Waals surface area contributed by atoms with Crippen molar-refractivity contribution in [3.05, 3.63) is 35.9 Å². The van der Waals surface area contributed by atoms with Gasteiger partial charge in [0.1, 0.15) is 0 Å². The van der Waals surface area contributed by atoms with Gasteiger partial charge in [-0.25, -0.2) is 0 Å². The molecule has 1 amide bonds. The van der Waals surface area contributed by atoms with E-state index in [9.17, 15) is 4.79 Å². The minimum absolute atomic E-state index is 0.134. The number of rotatable bonds is 2. The molecule has 2 rings (SSSR count). The highest BCUT2D eigenvalue weighted by Crippen LogP contribution is 2.26. The lowest BCUT2D eigenvalue weighted by molar-refractivity contribution is -0.137. The molecule has 3 nitrogen and oxygen atoms in total. The Labute approximate surface area is 109 Å². The van der Waals surface area contributed by atoms with Crippen molar-refractivity contribution in [2.75, 3.05) is 13.1 Å². The van der Waals surface area contributed by atoms with E-state index in [1.165, 1.54) is 0 Å². The quantitative estimate of drug-likeness (QED) is 0.866. The van der Waals surface area contributed by atoms with Crippen LogP contribution in [0.15, 0.2) is 30.3 Å². The molecule has 0 spiro atoms. The summed E-state index contributed by atoms with van der Waals surface area (Å²) in [4.78, 5) is 14.6. The smallest absolute Gasteiger partial charge is 0.232 e. The second kappa shape index (κ2) is 5.11. The second-order valence-electron chi connectivity index (χ2n) is 5.64. The number of benzene rings is 1. The first-order valence-corrected chi connectivity index (χ1v) is 6.62. The molecule has 0 aliphatic carbocycles. The zero-order chi connectivity index (χ0) is 13.2. The van der Waals surface area contributed by atoms with Gasteiger partial charge in [0.05, 0.1) is 5.41 Å². The number of carbonyl (C=O) groups excluding carboxylic acids is 1. The predicted molar refractivity (Wildman–Crippen MR) is 73.3 cm³/mol. The Bertz CT molecular complexity index is 414. The Morgan fingerprint density at radius 1 is 1.33 bits per heavy atom. The van der Waals surface area contributed by atoms with Gasteiger partial charge in [-0.3, -0.25) is 4.79 Å². The summed E-state index contributed by atoms with van der Waals surface area (Å²) in [5.41, 5.74) is 6.54. The van der Waals surface area contributed by atoms with Crippen LogP contribution in [0.3, 0.4) is 0 Å². The summed E-state index contributed by atoms with van der Waals surface area (Å²) in [5.74, 6) is 0.184. The van der Waals surface area contributed by atoms with Crippen molar-refractivity contribution in [2.45, 2.75) is 38.1 Å². The van der Waals surface area contributed by atoms with Crippen molar-refractivity contribution < 1.29 is 4.79 Å². The van der Waals surface area contributed by atoms with Crippen LogP contribution >= 0.6 is 0 Å². The highest BCUT2D eigenvalue weighted by Gasteiger charge is 2.35. The Hall–Kier alpha value is -1.35. The summed E-state index contributed by atoms with van der Waals surface area (Å²) in [6.45, 7) is 5.51. The van der Waals surface area contributed by atoms with Gasteiger partial charge in [0.15, 0.2) is 0 Å². The lowest BCUT2D eigenvalue weighted by atomic mass is 9.82.